The smallest absolute Gasteiger partial charge is 0.280 e. The van der Waals surface area contributed by atoms with Gasteiger partial charge in [-0.1, -0.05) is 0 Å². The summed E-state index contributed by atoms with van der Waals surface area (Å²) in [4.78, 5) is 10.7. The van der Waals surface area contributed by atoms with Crippen molar-refractivity contribution in [1.82, 2.24) is 13.7 Å². The normalized spacial score (nSPS) is 9.00. The predicted octanol–water partition coefficient (Wildman–Crippen LogP) is 0.490. The third kappa shape index (κ3) is 1.41. The van der Waals surface area contributed by atoms with E-state index in [9.17, 15) is 4.79 Å². The van der Waals surface area contributed by atoms with Crippen molar-refractivity contribution in [2.75, 3.05) is 0 Å². The van der Waals surface area contributed by atoms with E-state index in [0.717, 1.165) is 0 Å². The van der Waals surface area contributed by atoms with Crippen LogP contribution in [0.4, 0.5) is 0 Å². The van der Waals surface area contributed by atoms with Crippen LogP contribution in [-0.4, -0.2) is 16.1 Å². The summed E-state index contributed by atoms with van der Waals surface area (Å²) < 4.78 is 2.42. The molecule has 0 aromatic carbocycles. The summed E-state index contributed by atoms with van der Waals surface area (Å²) in [5, 5.41) is 6.18. The summed E-state index contributed by atoms with van der Waals surface area (Å²) in [6, 6.07) is 1.61. The second kappa shape index (κ2) is 2.81. The van der Waals surface area contributed by atoms with Gasteiger partial charge in [0.1, 0.15) is 0 Å². The number of carbonyl (C=O) groups excluding carboxylic acids is 1. The third-order valence-electron chi connectivity index (χ3n) is 0.819. The first kappa shape index (κ1) is 6.53. The van der Waals surface area contributed by atoms with Gasteiger partial charge in [-0.15, -0.1) is 0 Å². The van der Waals surface area contributed by atoms with Crippen LogP contribution >= 0.6 is 22.9 Å². The lowest BCUT2D eigenvalue weighted by Crippen LogP contribution is -2.11. The maximum atomic E-state index is 10.7. The molecule has 2 N–H and O–H groups in total. The van der Waals surface area contributed by atoms with Crippen molar-refractivity contribution in [2.24, 2.45) is 0 Å². The lowest BCUT2D eigenvalue weighted by molar-refractivity contribution is 0.0985. The number of rotatable bonds is 1. The summed E-state index contributed by atoms with van der Waals surface area (Å²) in [5.41, 5.74) is 0.407. The lowest BCUT2D eigenvalue weighted by Gasteiger charge is -1.87. The van der Waals surface area contributed by atoms with Gasteiger partial charge in [-0.3, -0.25) is 13.4 Å². The largest absolute Gasteiger partial charge is 0.293 e. The quantitative estimate of drug-likeness (QED) is 0.551. The fourth-order valence-electron chi connectivity index (χ4n) is 0.435. The SMILES string of the molecule is O=C(NI)c1cc[nH]n1. The molecular formula is C4H4IN3O. The Morgan fingerprint density at radius 2 is 2.67 bits per heavy atom. The van der Waals surface area contributed by atoms with Crippen LogP contribution in [0.15, 0.2) is 12.3 Å². The molecule has 0 saturated carbocycles. The summed E-state index contributed by atoms with van der Waals surface area (Å²) in [5.74, 6) is -0.183. The van der Waals surface area contributed by atoms with Crippen molar-refractivity contribution in [3.63, 3.8) is 0 Å². The average molecular weight is 237 g/mol. The van der Waals surface area contributed by atoms with Gasteiger partial charge in [-0.25, -0.2) is 0 Å². The summed E-state index contributed by atoms with van der Waals surface area (Å²) in [6.45, 7) is 0. The van der Waals surface area contributed by atoms with Crippen molar-refractivity contribution in [2.45, 2.75) is 0 Å². The highest BCUT2D eigenvalue weighted by atomic mass is 127. The van der Waals surface area contributed by atoms with Crippen LogP contribution in [0.1, 0.15) is 10.5 Å². The van der Waals surface area contributed by atoms with Gasteiger partial charge in [-0.2, -0.15) is 5.10 Å². The summed E-state index contributed by atoms with van der Waals surface area (Å²) in [7, 11) is 0. The molecule has 1 amide bonds. The number of H-pyrrole nitrogens is 1. The second-order valence-corrected chi connectivity index (χ2v) is 1.92. The first-order chi connectivity index (χ1) is 4.34. The Kier molecular flexibility index (Phi) is 2.04. The Morgan fingerprint density at radius 1 is 1.89 bits per heavy atom. The van der Waals surface area contributed by atoms with E-state index in [2.05, 4.69) is 13.7 Å². The number of aromatic amines is 1. The predicted molar refractivity (Wildman–Crippen MR) is 40.1 cm³/mol. The van der Waals surface area contributed by atoms with Crippen LogP contribution in [0, 0.1) is 0 Å². The molecular weight excluding hydrogens is 233 g/mol. The van der Waals surface area contributed by atoms with Crippen LogP contribution in [0.25, 0.3) is 0 Å². The Labute approximate surface area is 65.5 Å². The molecule has 0 aliphatic carbocycles. The number of carbonyl (C=O) groups is 1. The molecule has 0 atom stereocenters. The van der Waals surface area contributed by atoms with E-state index in [4.69, 9.17) is 0 Å². The Morgan fingerprint density at radius 3 is 3.11 bits per heavy atom. The maximum Gasteiger partial charge on any atom is 0.280 e. The fourth-order valence-corrected chi connectivity index (χ4v) is 0.711. The monoisotopic (exact) mass is 237 g/mol. The van der Waals surface area contributed by atoms with E-state index >= 15 is 0 Å². The van der Waals surface area contributed by atoms with Crippen LogP contribution in [-0.2, 0) is 0 Å². The molecule has 9 heavy (non-hydrogen) atoms. The zero-order valence-corrected chi connectivity index (χ0v) is 6.55. The number of amides is 1. The molecule has 0 unspecified atom stereocenters. The molecule has 1 rings (SSSR count). The second-order valence-electron chi connectivity index (χ2n) is 1.38. The van der Waals surface area contributed by atoms with Crippen LogP contribution < -0.4 is 3.53 Å². The molecule has 1 aromatic rings. The minimum atomic E-state index is -0.183. The van der Waals surface area contributed by atoms with E-state index in [0.29, 0.717) is 5.69 Å². The Bertz CT molecular complexity index is 196. The van der Waals surface area contributed by atoms with Gasteiger partial charge >= 0.3 is 0 Å². The number of hydrogen-bond donors (Lipinski definition) is 2. The van der Waals surface area contributed by atoms with Crippen LogP contribution in [0.3, 0.4) is 0 Å². The molecule has 0 saturated heterocycles. The fraction of sp³-hybridized carbons (Fsp3) is 0. The molecule has 0 aliphatic heterocycles. The van der Waals surface area contributed by atoms with Crippen LogP contribution in [0.5, 0.6) is 0 Å². The number of halogens is 1. The van der Waals surface area contributed by atoms with E-state index in [1.807, 2.05) is 0 Å². The van der Waals surface area contributed by atoms with Crippen molar-refractivity contribution in [1.29, 1.82) is 0 Å². The maximum absolute atomic E-state index is 10.7. The molecule has 0 bridgehead atoms. The van der Waals surface area contributed by atoms with Gasteiger partial charge in [0.15, 0.2) is 5.69 Å². The zero-order chi connectivity index (χ0) is 6.69. The Hall–Kier alpha value is -0.590. The van der Waals surface area contributed by atoms with Crippen LogP contribution in [0.2, 0.25) is 0 Å². The van der Waals surface area contributed by atoms with Crippen molar-refractivity contribution in [3.05, 3.63) is 18.0 Å². The molecule has 1 aromatic heterocycles. The highest BCUT2D eigenvalue weighted by molar-refractivity contribution is 14.1. The van der Waals surface area contributed by atoms with E-state index in [-0.39, 0.29) is 5.91 Å². The van der Waals surface area contributed by atoms with Gasteiger partial charge in [0.25, 0.3) is 5.91 Å². The topological polar surface area (TPSA) is 57.8 Å². The van der Waals surface area contributed by atoms with E-state index in [1.54, 1.807) is 35.1 Å². The highest BCUT2D eigenvalue weighted by Gasteiger charge is 2.02. The van der Waals surface area contributed by atoms with Gasteiger partial charge in [-0.05, 0) is 6.07 Å². The number of nitrogens with one attached hydrogen (secondary N) is 2. The molecule has 0 spiro atoms. The van der Waals surface area contributed by atoms with E-state index < -0.39 is 0 Å². The molecule has 48 valence electrons. The van der Waals surface area contributed by atoms with E-state index in [1.165, 1.54) is 0 Å². The molecule has 1 heterocycles. The summed E-state index contributed by atoms with van der Waals surface area (Å²) in [6.07, 6.45) is 1.60. The molecule has 0 fully saturated rings. The molecule has 4 nitrogen and oxygen atoms in total. The lowest BCUT2D eigenvalue weighted by atomic mass is 10.4. The van der Waals surface area contributed by atoms with Crippen molar-refractivity contribution < 1.29 is 4.79 Å². The standard InChI is InChI=1S/C4H4IN3O/c5-7-4(9)3-1-2-6-8-3/h1-2H,(H,6,8)(H,7,9). The van der Waals surface area contributed by atoms with Gasteiger partial charge in [0, 0.05) is 6.20 Å². The van der Waals surface area contributed by atoms with Gasteiger partial charge in [0.05, 0.1) is 22.9 Å². The zero-order valence-electron chi connectivity index (χ0n) is 4.39. The first-order valence-corrected chi connectivity index (χ1v) is 3.33. The summed E-state index contributed by atoms with van der Waals surface area (Å²) >= 11 is 1.76. The Balaban J connectivity index is 2.77. The number of hydrogen-bond acceptors (Lipinski definition) is 2. The van der Waals surface area contributed by atoms with Gasteiger partial charge in [0.2, 0.25) is 0 Å². The number of nitrogens with zero attached hydrogens (tertiary/aromatic N) is 1. The highest BCUT2D eigenvalue weighted by Crippen LogP contribution is 1.91. The first-order valence-electron chi connectivity index (χ1n) is 2.25. The third-order valence-corrected chi connectivity index (χ3v) is 1.31. The molecule has 0 aliphatic rings. The van der Waals surface area contributed by atoms with Gasteiger partial charge < -0.3 is 0 Å². The average Bonchev–Trinajstić information content (AvgIpc) is 2.37. The van der Waals surface area contributed by atoms with Crippen molar-refractivity contribution in [3.8, 4) is 0 Å². The molecule has 5 heteroatoms. The minimum Gasteiger partial charge on any atom is -0.293 e. The van der Waals surface area contributed by atoms with Crippen molar-refractivity contribution >= 4 is 28.8 Å². The minimum absolute atomic E-state index is 0.183. The number of aromatic nitrogens is 2. The molecule has 0 radical (unpaired) electrons.